The van der Waals surface area contributed by atoms with Gasteiger partial charge in [-0.3, -0.25) is 9.69 Å². The SMILES string of the molecule is CCN(CC)CC(=O)c1c[nH]c2cc(C)ccc12. The molecule has 3 heteroatoms. The molecule has 0 bridgehead atoms. The molecule has 0 aliphatic rings. The highest BCUT2D eigenvalue weighted by Gasteiger charge is 2.14. The molecule has 0 fully saturated rings. The Morgan fingerprint density at radius 2 is 2.00 bits per heavy atom. The van der Waals surface area contributed by atoms with Gasteiger partial charge >= 0.3 is 0 Å². The number of H-pyrrole nitrogens is 1. The van der Waals surface area contributed by atoms with E-state index in [9.17, 15) is 4.79 Å². The second-order valence-corrected chi connectivity index (χ2v) is 4.64. The molecule has 0 radical (unpaired) electrons. The number of carbonyl (C=O) groups excluding carboxylic acids is 1. The number of hydrogen-bond acceptors (Lipinski definition) is 2. The van der Waals surface area contributed by atoms with Crippen LogP contribution in [0.25, 0.3) is 10.9 Å². The first-order valence-electron chi connectivity index (χ1n) is 6.49. The highest BCUT2D eigenvalue weighted by molar-refractivity contribution is 6.08. The molecule has 1 heterocycles. The average Bonchev–Trinajstić information content (AvgIpc) is 2.78. The van der Waals surface area contributed by atoms with Crippen molar-refractivity contribution >= 4 is 16.7 Å². The monoisotopic (exact) mass is 244 g/mol. The normalized spacial score (nSPS) is 11.3. The van der Waals surface area contributed by atoms with E-state index >= 15 is 0 Å². The quantitative estimate of drug-likeness (QED) is 0.821. The van der Waals surface area contributed by atoms with Crippen LogP contribution in [0, 0.1) is 6.92 Å². The summed E-state index contributed by atoms with van der Waals surface area (Å²) in [6, 6.07) is 6.14. The van der Waals surface area contributed by atoms with E-state index in [2.05, 4.69) is 36.7 Å². The number of nitrogens with one attached hydrogen (secondary N) is 1. The number of ketones is 1. The van der Waals surface area contributed by atoms with E-state index in [-0.39, 0.29) is 5.78 Å². The lowest BCUT2D eigenvalue weighted by Crippen LogP contribution is -2.29. The van der Waals surface area contributed by atoms with Crippen LogP contribution in [-0.4, -0.2) is 35.3 Å². The van der Waals surface area contributed by atoms with Crippen LogP contribution in [0.5, 0.6) is 0 Å². The van der Waals surface area contributed by atoms with Crippen molar-refractivity contribution in [3.63, 3.8) is 0 Å². The molecule has 0 unspecified atom stereocenters. The Labute approximate surface area is 108 Å². The zero-order valence-corrected chi connectivity index (χ0v) is 11.3. The Kier molecular flexibility index (Phi) is 3.82. The van der Waals surface area contributed by atoms with Gasteiger partial charge in [0.05, 0.1) is 6.54 Å². The van der Waals surface area contributed by atoms with Crippen LogP contribution in [0.15, 0.2) is 24.4 Å². The molecule has 0 aliphatic heterocycles. The molecule has 0 aliphatic carbocycles. The first-order chi connectivity index (χ1) is 8.65. The number of nitrogens with zero attached hydrogens (tertiary/aromatic N) is 1. The predicted octanol–water partition coefficient (Wildman–Crippen LogP) is 3.00. The van der Waals surface area contributed by atoms with Gasteiger partial charge in [0.1, 0.15) is 0 Å². The van der Waals surface area contributed by atoms with E-state index in [0.29, 0.717) is 6.54 Å². The third-order valence-corrected chi connectivity index (χ3v) is 3.40. The van der Waals surface area contributed by atoms with Crippen molar-refractivity contribution in [1.29, 1.82) is 0 Å². The molecule has 0 saturated heterocycles. The first-order valence-corrected chi connectivity index (χ1v) is 6.49. The molecule has 0 atom stereocenters. The Hall–Kier alpha value is -1.61. The van der Waals surface area contributed by atoms with E-state index in [4.69, 9.17) is 0 Å². The van der Waals surface area contributed by atoms with Crippen molar-refractivity contribution in [2.45, 2.75) is 20.8 Å². The summed E-state index contributed by atoms with van der Waals surface area (Å²) in [5, 5.41) is 1.03. The van der Waals surface area contributed by atoms with Gasteiger partial charge in [0, 0.05) is 22.7 Å². The summed E-state index contributed by atoms with van der Waals surface area (Å²) in [7, 11) is 0. The summed E-state index contributed by atoms with van der Waals surface area (Å²) >= 11 is 0. The lowest BCUT2D eigenvalue weighted by atomic mass is 10.1. The maximum absolute atomic E-state index is 12.3. The van der Waals surface area contributed by atoms with Gasteiger partial charge in [0.2, 0.25) is 0 Å². The summed E-state index contributed by atoms with van der Waals surface area (Å²) in [6.45, 7) is 8.52. The number of benzene rings is 1. The standard InChI is InChI=1S/C15H20N2O/c1-4-17(5-2)10-15(18)13-9-16-14-8-11(3)6-7-12(13)14/h6-9,16H,4-5,10H2,1-3H3. The second-order valence-electron chi connectivity index (χ2n) is 4.64. The van der Waals surface area contributed by atoms with E-state index in [1.807, 2.05) is 18.3 Å². The Balaban J connectivity index is 2.28. The van der Waals surface area contributed by atoms with Crippen LogP contribution in [-0.2, 0) is 0 Å². The van der Waals surface area contributed by atoms with Gasteiger partial charge < -0.3 is 4.98 Å². The number of aryl methyl sites for hydroxylation is 1. The number of carbonyl (C=O) groups is 1. The zero-order valence-electron chi connectivity index (χ0n) is 11.3. The van der Waals surface area contributed by atoms with Gasteiger partial charge in [-0.15, -0.1) is 0 Å². The fourth-order valence-corrected chi connectivity index (χ4v) is 2.21. The fourth-order valence-electron chi connectivity index (χ4n) is 2.21. The minimum atomic E-state index is 0.189. The van der Waals surface area contributed by atoms with Crippen LogP contribution >= 0.6 is 0 Å². The lowest BCUT2D eigenvalue weighted by molar-refractivity contribution is 0.0939. The molecule has 2 rings (SSSR count). The van der Waals surface area contributed by atoms with Crippen LogP contribution in [0.1, 0.15) is 29.8 Å². The molecule has 0 saturated carbocycles. The molecule has 1 aromatic carbocycles. The lowest BCUT2D eigenvalue weighted by Gasteiger charge is -2.16. The summed E-state index contributed by atoms with van der Waals surface area (Å²) < 4.78 is 0. The molecule has 3 nitrogen and oxygen atoms in total. The van der Waals surface area contributed by atoms with E-state index in [1.54, 1.807) is 0 Å². The fraction of sp³-hybridized carbons (Fsp3) is 0.400. The molecule has 1 aromatic heterocycles. The summed E-state index contributed by atoms with van der Waals surface area (Å²) in [6.07, 6.45) is 1.83. The Morgan fingerprint density at radius 3 is 2.67 bits per heavy atom. The molecule has 18 heavy (non-hydrogen) atoms. The largest absolute Gasteiger partial charge is 0.360 e. The maximum atomic E-state index is 12.3. The van der Waals surface area contributed by atoms with Crippen LogP contribution in [0.3, 0.4) is 0 Å². The summed E-state index contributed by atoms with van der Waals surface area (Å²) in [4.78, 5) is 17.6. The average molecular weight is 244 g/mol. The van der Waals surface area contributed by atoms with Gasteiger partial charge in [-0.2, -0.15) is 0 Å². The van der Waals surface area contributed by atoms with E-state index in [1.165, 1.54) is 5.56 Å². The minimum Gasteiger partial charge on any atom is -0.360 e. The smallest absolute Gasteiger partial charge is 0.178 e. The molecule has 2 aromatic rings. The molecule has 96 valence electrons. The number of hydrogen-bond donors (Lipinski definition) is 1. The van der Waals surface area contributed by atoms with Gasteiger partial charge in [0.15, 0.2) is 5.78 Å². The van der Waals surface area contributed by atoms with Crippen molar-refractivity contribution in [3.8, 4) is 0 Å². The zero-order chi connectivity index (χ0) is 13.1. The number of rotatable bonds is 5. The Bertz CT molecular complexity index is 553. The number of likely N-dealkylation sites (N-methyl/N-ethyl adjacent to an activating group) is 1. The van der Waals surface area contributed by atoms with E-state index < -0.39 is 0 Å². The first kappa shape index (κ1) is 12.8. The number of Topliss-reactive ketones (excluding diaryl/α,β-unsaturated/α-hetero) is 1. The van der Waals surface area contributed by atoms with Crippen molar-refractivity contribution in [3.05, 3.63) is 35.5 Å². The van der Waals surface area contributed by atoms with Crippen LogP contribution in [0.4, 0.5) is 0 Å². The molecule has 0 amide bonds. The number of aromatic amines is 1. The second kappa shape index (κ2) is 5.36. The van der Waals surface area contributed by atoms with Crippen molar-refractivity contribution in [1.82, 2.24) is 9.88 Å². The Morgan fingerprint density at radius 1 is 1.28 bits per heavy atom. The van der Waals surface area contributed by atoms with Crippen molar-refractivity contribution < 1.29 is 4.79 Å². The summed E-state index contributed by atoms with van der Waals surface area (Å²) in [5.74, 6) is 0.189. The minimum absolute atomic E-state index is 0.189. The molecule has 1 N–H and O–H groups in total. The highest BCUT2D eigenvalue weighted by atomic mass is 16.1. The predicted molar refractivity (Wildman–Crippen MR) is 75.2 cm³/mol. The topological polar surface area (TPSA) is 36.1 Å². The third-order valence-electron chi connectivity index (χ3n) is 3.40. The highest BCUT2D eigenvalue weighted by Crippen LogP contribution is 2.20. The maximum Gasteiger partial charge on any atom is 0.178 e. The van der Waals surface area contributed by atoms with Gasteiger partial charge in [-0.25, -0.2) is 0 Å². The molecular weight excluding hydrogens is 224 g/mol. The van der Waals surface area contributed by atoms with Crippen molar-refractivity contribution in [2.75, 3.05) is 19.6 Å². The molecule has 0 spiro atoms. The summed E-state index contributed by atoms with van der Waals surface area (Å²) in [5.41, 5.74) is 3.04. The van der Waals surface area contributed by atoms with Crippen molar-refractivity contribution in [2.24, 2.45) is 0 Å². The van der Waals surface area contributed by atoms with Crippen LogP contribution < -0.4 is 0 Å². The number of fused-ring (bicyclic) bond motifs is 1. The third kappa shape index (κ3) is 2.46. The van der Waals surface area contributed by atoms with Crippen LogP contribution in [0.2, 0.25) is 0 Å². The van der Waals surface area contributed by atoms with Gasteiger partial charge in [0.25, 0.3) is 0 Å². The van der Waals surface area contributed by atoms with Gasteiger partial charge in [-0.1, -0.05) is 26.0 Å². The van der Waals surface area contributed by atoms with E-state index in [0.717, 1.165) is 29.6 Å². The van der Waals surface area contributed by atoms with Gasteiger partial charge in [-0.05, 0) is 31.6 Å². The molecular formula is C15H20N2O. The number of aromatic nitrogens is 1.